The molecule has 1 aliphatic rings. The molecule has 0 spiro atoms. The second-order valence-electron chi connectivity index (χ2n) is 3.89. The zero-order valence-corrected chi connectivity index (χ0v) is 11.1. The van der Waals surface area contributed by atoms with Crippen LogP contribution in [0.1, 0.15) is 10.4 Å². The van der Waals surface area contributed by atoms with Crippen LogP contribution in [0.3, 0.4) is 0 Å². The van der Waals surface area contributed by atoms with Crippen molar-refractivity contribution in [2.45, 2.75) is 4.90 Å². The summed E-state index contributed by atoms with van der Waals surface area (Å²) in [6.45, 7) is 2.91. The van der Waals surface area contributed by atoms with E-state index in [1.165, 1.54) is 0 Å². The quantitative estimate of drug-likeness (QED) is 0.462. The minimum absolute atomic E-state index is 0.130. The number of ketones is 1. The summed E-state index contributed by atoms with van der Waals surface area (Å²) < 4.78 is 5.22. The Balaban J connectivity index is 2.00. The van der Waals surface area contributed by atoms with Gasteiger partial charge in [-0.05, 0) is 36.4 Å². The first kappa shape index (κ1) is 13.0. The highest BCUT2D eigenvalue weighted by Crippen LogP contribution is 2.14. The molecule has 0 radical (unpaired) electrons. The van der Waals surface area contributed by atoms with E-state index >= 15 is 0 Å². The van der Waals surface area contributed by atoms with Gasteiger partial charge in [-0.1, -0.05) is 0 Å². The van der Waals surface area contributed by atoms with Crippen molar-refractivity contribution in [2.75, 3.05) is 32.6 Å². The molecular formula is C14H15NO2S. The lowest BCUT2D eigenvalue weighted by molar-refractivity contribution is 0.0637. The van der Waals surface area contributed by atoms with E-state index in [4.69, 9.17) is 4.74 Å². The molecule has 0 bridgehead atoms. The third-order valence-corrected chi connectivity index (χ3v) is 3.43. The monoisotopic (exact) mass is 261 g/mol. The highest BCUT2D eigenvalue weighted by Gasteiger charge is 2.07. The fourth-order valence-electron chi connectivity index (χ4n) is 1.62. The Kier molecular flexibility index (Phi) is 4.68. The van der Waals surface area contributed by atoms with E-state index in [9.17, 15) is 4.79 Å². The van der Waals surface area contributed by atoms with Gasteiger partial charge < -0.3 is 9.64 Å². The minimum atomic E-state index is -0.130. The Morgan fingerprint density at radius 3 is 2.56 bits per heavy atom. The number of Topliss-reactive ketones (excluding diaryl/α,β-unsaturated/α-hetero) is 1. The fraction of sp³-hybridized carbons (Fsp3) is 0.357. The second kappa shape index (κ2) is 6.48. The average molecular weight is 261 g/mol. The molecular weight excluding hydrogens is 246 g/mol. The molecule has 1 heterocycles. The maximum atomic E-state index is 11.8. The van der Waals surface area contributed by atoms with E-state index in [1.54, 1.807) is 11.8 Å². The Hall–Kier alpha value is -1.44. The summed E-state index contributed by atoms with van der Waals surface area (Å²) in [5.41, 5.74) is 0.647. The van der Waals surface area contributed by atoms with Crippen LogP contribution < -0.4 is 0 Å². The SMILES string of the molecule is CSc1ccc(C(=O)C#CN2CCOCC2)cc1. The molecule has 0 unspecified atom stereocenters. The van der Waals surface area contributed by atoms with E-state index in [1.807, 2.05) is 35.4 Å². The summed E-state index contributed by atoms with van der Waals surface area (Å²) >= 11 is 1.66. The number of ether oxygens (including phenoxy) is 1. The smallest absolute Gasteiger partial charge is 0.237 e. The number of hydrogen-bond acceptors (Lipinski definition) is 4. The zero-order chi connectivity index (χ0) is 12.8. The van der Waals surface area contributed by atoms with Gasteiger partial charge in [0.2, 0.25) is 5.78 Å². The van der Waals surface area contributed by atoms with Crippen LogP contribution in [-0.2, 0) is 4.74 Å². The van der Waals surface area contributed by atoms with Crippen LogP contribution in [-0.4, -0.2) is 43.2 Å². The Morgan fingerprint density at radius 1 is 1.28 bits per heavy atom. The van der Waals surface area contributed by atoms with Crippen molar-refractivity contribution < 1.29 is 9.53 Å². The largest absolute Gasteiger partial charge is 0.378 e. The Bertz CT molecular complexity index is 467. The van der Waals surface area contributed by atoms with Crippen LogP contribution >= 0.6 is 11.8 Å². The second-order valence-corrected chi connectivity index (χ2v) is 4.77. The number of rotatable bonds is 2. The number of nitrogens with zero attached hydrogens (tertiary/aromatic N) is 1. The Morgan fingerprint density at radius 2 is 1.94 bits per heavy atom. The van der Waals surface area contributed by atoms with Crippen molar-refractivity contribution in [3.63, 3.8) is 0 Å². The van der Waals surface area contributed by atoms with E-state index in [2.05, 4.69) is 12.0 Å². The first-order chi connectivity index (χ1) is 8.79. The molecule has 2 rings (SSSR count). The van der Waals surface area contributed by atoms with E-state index in [-0.39, 0.29) is 5.78 Å². The van der Waals surface area contributed by atoms with Gasteiger partial charge in [0.25, 0.3) is 0 Å². The van der Waals surface area contributed by atoms with Gasteiger partial charge in [-0.15, -0.1) is 11.8 Å². The van der Waals surface area contributed by atoms with Crippen molar-refractivity contribution in [1.29, 1.82) is 0 Å². The summed E-state index contributed by atoms with van der Waals surface area (Å²) in [6.07, 6.45) is 2.01. The van der Waals surface area contributed by atoms with Crippen LogP contribution in [0.25, 0.3) is 0 Å². The molecule has 1 aliphatic heterocycles. The van der Waals surface area contributed by atoms with Gasteiger partial charge in [0, 0.05) is 29.6 Å². The lowest BCUT2D eigenvalue weighted by atomic mass is 10.1. The fourth-order valence-corrected chi connectivity index (χ4v) is 2.03. The minimum Gasteiger partial charge on any atom is -0.378 e. The molecule has 4 heteroatoms. The van der Waals surface area contributed by atoms with E-state index in [0.717, 1.165) is 18.0 Å². The predicted octanol–water partition coefficient (Wildman–Crippen LogP) is 1.88. The molecule has 1 aromatic carbocycles. The van der Waals surface area contributed by atoms with Crippen molar-refractivity contribution in [2.24, 2.45) is 0 Å². The molecule has 1 saturated heterocycles. The molecule has 3 nitrogen and oxygen atoms in total. The molecule has 18 heavy (non-hydrogen) atoms. The Labute approximate surface area is 112 Å². The van der Waals surface area contributed by atoms with Crippen molar-refractivity contribution in [1.82, 2.24) is 4.90 Å². The highest BCUT2D eigenvalue weighted by atomic mass is 32.2. The first-order valence-electron chi connectivity index (χ1n) is 5.82. The van der Waals surface area contributed by atoms with Gasteiger partial charge in [-0.3, -0.25) is 4.79 Å². The number of hydrogen-bond donors (Lipinski definition) is 0. The summed E-state index contributed by atoms with van der Waals surface area (Å²) in [5, 5.41) is 0. The topological polar surface area (TPSA) is 29.5 Å². The number of carbonyl (C=O) groups is 1. The molecule has 94 valence electrons. The maximum absolute atomic E-state index is 11.8. The number of morpholine rings is 1. The van der Waals surface area contributed by atoms with E-state index < -0.39 is 0 Å². The van der Waals surface area contributed by atoms with Crippen LogP contribution in [0.4, 0.5) is 0 Å². The zero-order valence-electron chi connectivity index (χ0n) is 10.3. The maximum Gasteiger partial charge on any atom is 0.237 e. The van der Waals surface area contributed by atoms with Gasteiger partial charge in [-0.25, -0.2) is 0 Å². The van der Waals surface area contributed by atoms with Crippen molar-refractivity contribution in [3.8, 4) is 12.0 Å². The third kappa shape index (κ3) is 3.52. The van der Waals surface area contributed by atoms with Gasteiger partial charge >= 0.3 is 0 Å². The molecule has 0 amide bonds. The normalized spacial score (nSPS) is 14.8. The molecule has 0 saturated carbocycles. The van der Waals surface area contributed by atoms with Crippen LogP contribution in [0.5, 0.6) is 0 Å². The number of thioether (sulfide) groups is 1. The first-order valence-corrected chi connectivity index (χ1v) is 7.05. The number of carbonyl (C=O) groups excluding carboxylic acids is 1. The summed E-state index contributed by atoms with van der Waals surface area (Å²) in [7, 11) is 0. The third-order valence-electron chi connectivity index (χ3n) is 2.69. The van der Waals surface area contributed by atoms with E-state index in [0.29, 0.717) is 18.8 Å². The molecule has 0 N–H and O–H groups in total. The standard InChI is InChI=1S/C14H15NO2S/c1-18-13-4-2-12(3-5-13)14(16)6-7-15-8-10-17-11-9-15/h2-5H,8-11H2,1H3. The highest BCUT2D eigenvalue weighted by molar-refractivity contribution is 7.98. The average Bonchev–Trinajstić information content (AvgIpc) is 2.46. The van der Waals surface area contributed by atoms with Gasteiger partial charge in [0.15, 0.2) is 0 Å². The summed E-state index contributed by atoms with van der Waals surface area (Å²) in [5.74, 6) is 2.55. The van der Waals surface area contributed by atoms with Crippen LogP contribution in [0.15, 0.2) is 29.2 Å². The lowest BCUT2D eigenvalue weighted by Crippen LogP contribution is -2.32. The summed E-state index contributed by atoms with van der Waals surface area (Å²) in [4.78, 5) is 14.9. The predicted molar refractivity (Wildman–Crippen MR) is 72.7 cm³/mol. The number of benzene rings is 1. The molecule has 0 atom stereocenters. The summed E-state index contributed by atoms with van der Waals surface area (Å²) in [6, 6.07) is 10.4. The van der Waals surface area contributed by atoms with Crippen molar-refractivity contribution >= 4 is 17.5 Å². The van der Waals surface area contributed by atoms with Crippen LogP contribution in [0, 0.1) is 12.0 Å². The molecule has 1 aromatic rings. The van der Waals surface area contributed by atoms with Crippen molar-refractivity contribution in [3.05, 3.63) is 29.8 Å². The van der Waals surface area contributed by atoms with Gasteiger partial charge in [-0.2, -0.15) is 0 Å². The van der Waals surface area contributed by atoms with Gasteiger partial charge in [0.1, 0.15) is 0 Å². The van der Waals surface area contributed by atoms with Crippen LogP contribution in [0.2, 0.25) is 0 Å². The molecule has 0 aromatic heterocycles. The lowest BCUT2D eigenvalue weighted by Gasteiger charge is -2.22. The molecule has 1 fully saturated rings. The van der Waals surface area contributed by atoms with Gasteiger partial charge in [0.05, 0.1) is 13.2 Å². The molecule has 0 aliphatic carbocycles.